The van der Waals surface area contributed by atoms with Crippen molar-refractivity contribution in [2.75, 3.05) is 0 Å². The van der Waals surface area contributed by atoms with Gasteiger partial charge in [0.15, 0.2) is 0 Å². The van der Waals surface area contributed by atoms with Crippen LogP contribution in [-0.4, -0.2) is 10.6 Å². The van der Waals surface area contributed by atoms with E-state index in [4.69, 9.17) is 0 Å². The first kappa shape index (κ1) is 12.3. The molecule has 0 spiro atoms. The molecule has 2 nitrogen and oxygen atoms in total. The smallest absolute Gasteiger partial charge is 0.0223 e. The summed E-state index contributed by atoms with van der Waals surface area (Å²) in [4.78, 5) is 0. The monoisotopic (exact) mass is 208 g/mol. The van der Waals surface area contributed by atoms with Gasteiger partial charge < -0.3 is 9.88 Å². The van der Waals surface area contributed by atoms with Crippen molar-refractivity contribution in [2.45, 2.75) is 59.2 Å². The molecule has 0 aliphatic carbocycles. The highest BCUT2D eigenvalue weighted by atomic mass is 14.9. The number of nitrogens with zero attached hydrogens (tertiary/aromatic N) is 1. The molecule has 0 saturated carbocycles. The van der Waals surface area contributed by atoms with Crippen LogP contribution in [0, 0.1) is 0 Å². The number of hydrogen-bond donors (Lipinski definition) is 1. The summed E-state index contributed by atoms with van der Waals surface area (Å²) in [6.45, 7) is 8.74. The Hall–Kier alpha value is -0.760. The minimum Gasteiger partial charge on any atom is -0.354 e. The van der Waals surface area contributed by atoms with Gasteiger partial charge in [-0.25, -0.2) is 0 Å². The second-order valence-electron chi connectivity index (χ2n) is 4.27. The summed E-state index contributed by atoms with van der Waals surface area (Å²) < 4.78 is 2.22. The number of nitrogens with one attached hydrogen (secondary N) is 1. The van der Waals surface area contributed by atoms with Gasteiger partial charge in [-0.15, -0.1) is 0 Å². The molecular weight excluding hydrogens is 184 g/mol. The minimum atomic E-state index is 0.634. The molecule has 15 heavy (non-hydrogen) atoms. The minimum absolute atomic E-state index is 0.634. The average molecular weight is 208 g/mol. The molecule has 1 unspecified atom stereocenters. The van der Waals surface area contributed by atoms with Crippen molar-refractivity contribution in [1.29, 1.82) is 0 Å². The summed E-state index contributed by atoms with van der Waals surface area (Å²) in [5.41, 5.74) is 1.39. The molecule has 1 aromatic heterocycles. The maximum Gasteiger partial charge on any atom is 0.0223 e. The van der Waals surface area contributed by atoms with Crippen molar-refractivity contribution in [2.24, 2.45) is 0 Å². The van der Waals surface area contributed by atoms with Gasteiger partial charge in [0.25, 0.3) is 0 Å². The third-order valence-corrected chi connectivity index (χ3v) is 2.82. The highest BCUT2D eigenvalue weighted by Gasteiger charge is 2.01. The standard InChI is InChI=1S/C13H24N2/c1-4-6-7-12(3)14-10-13-8-9-15(5-2)11-13/h8-9,11-12,14H,4-7,10H2,1-3H3. The van der Waals surface area contributed by atoms with Crippen LogP contribution >= 0.6 is 0 Å². The zero-order chi connectivity index (χ0) is 11.1. The second-order valence-corrected chi connectivity index (χ2v) is 4.27. The molecule has 0 amide bonds. The van der Waals surface area contributed by atoms with E-state index >= 15 is 0 Å². The molecule has 0 bridgehead atoms. The van der Waals surface area contributed by atoms with Crippen LogP contribution in [0.25, 0.3) is 0 Å². The Balaban J connectivity index is 2.24. The predicted molar refractivity (Wildman–Crippen MR) is 65.9 cm³/mol. The molecule has 0 aromatic carbocycles. The SMILES string of the molecule is CCCCC(C)NCc1ccn(CC)c1. The average Bonchev–Trinajstić information content (AvgIpc) is 2.71. The molecule has 86 valence electrons. The Labute approximate surface area is 93.7 Å². The van der Waals surface area contributed by atoms with E-state index in [0.29, 0.717) is 6.04 Å². The molecule has 0 fully saturated rings. The first-order valence-corrected chi connectivity index (χ1v) is 6.14. The number of unbranched alkanes of at least 4 members (excludes halogenated alkanes) is 1. The van der Waals surface area contributed by atoms with Crippen LogP contribution in [0.5, 0.6) is 0 Å². The Morgan fingerprint density at radius 1 is 1.40 bits per heavy atom. The van der Waals surface area contributed by atoms with Gasteiger partial charge >= 0.3 is 0 Å². The molecule has 1 heterocycles. The third-order valence-electron chi connectivity index (χ3n) is 2.82. The lowest BCUT2D eigenvalue weighted by atomic mass is 10.1. The lowest BCUT2D eigenvalue weighted by Crippen LogP contribution is -2.25. The van der Waals surface area contributed by atoms with Gasteiger partial charge in [0.2, 0.25) is 0 Å². The molecule has 1 aromatic rings. The Morgan fingerprint density at radius 2 is 2.20 bits per heavy atom. The van der Waals surface area contributed by atoms with Crippen molar-refractivity contribution in [3.05, 3.63) is 24.0 Å². The Bertz CT molecular complexity index is 265. The zero-order valence-electron chi connectivity index (χ0n) is 10.3. The van der Waals surface area contributed by atoms with E-state index in [1.807, 2.05) is 0 Å². The highest BCUT2D eigenvalue weighted by molar-refractivity contribution is 5.09. The van der Waals surface area contributed by atoms with Crippen molar-refractivity contribution >= 4 is 0 Å². The number of aryl methyl sites for hydroxylation is 1. The van der Waals surface area contributed by atoms with E-state index < -0.39 is 0 Å². The van der Waals surface area contributed by atoms with Crippen LogP contribution in [0.4, 0.5) is 0 Å². The van der Waals surface area contributed by atoms with Crippen LogP contribution in [0.1, 0.15) is 45.6 Å². The maximum absolute atomic E-state index is 3.56. The molecule has 0 radical (unpaired) electrons. The summed E-state index contributed by atoms with van der Waals surface area (Å²) >= 11 is 0. The molecule has 0 aliphatic heterocycles. The van der Waals surface area contributed by atoms with Crippen LogP contribution < -0.4 is 5.32 Å². The number of aromatic nitrogens is 1. The van der Waals surface area contributed by atoms with Gasteiger partial charge in [-0.1, -0.05) is 19.8 Å². The van der Waals surface area contributed by atoms with E-state index in [-0.39, 0.29) is 0 Å². The van der Waals surface area contributed by atoms with Gasteiger partial charge in [0.05, 0.1) is 0 Å². The number of rotatable bonds is 7. The highest BCUT2D eigenvalue weighted by Crippen LogP contribution is 2.04. The fraction of sp³-hybridized carbons (Fsp3) is 0.692. The second kappa shape index (κ2) is 6.67. The summed E-state index contributed by atoms with van der Waals surface area (Å²) in [6, 6.07) is 2.83. The molecule has 1 atom stereocenters. The van der Waals surface area contributed by atoms with Gasteiger partial charge in [-0.3, -0.25) is 0 Å². The van der Waals surface area contributed by atoms with Crippen molar-refractivity contribution in [3.63, 3.8) is 0 Å². The van der Waals surface area contributed by atoms with Gasteiger partial charge in [-0.05, 0) is 31.9 Å². The lowest BCUT2D eigenvalue weighted by molar-refractivity contribution is 0.494. The van der Waals surface area contributed by atoms with Gasteiger partial charge in [0, 0.05) is 31.5 Å². The summed E-state index contributed by atoms with van der Waals surface area (Å²) in [7, 11) is 0. The van der Waals surface area contributed by atoms with Crippen LogP contribution in [0.15, 0.2) is 18.5 Å². The molecular formula is C13H24N2. The topological polar surface area (TPSA) is 17.0 Å². The van der Waals surface area contributed by atoms with E-state index in [1.165, 1.54) is 24.8 Å². The lowest BCUT2D eigenvalue weighted by Gasteiger charge is -2.12. The molecule has 1 N–H and O–H groups in total. The summed E-state index contributed by atoms with van der Waals surface area (Å²) in [5, 5.41) is 3.56. The normalized spacial score (nSPS) is 13.0. The van der Waals surface area contributed by atoms with Gasteiger partial charge in [0.1, 0.15) is 0 Å². The summed E-state index contributed by atoms with van der Waals surface area (Å²) in [5.74, 6) is 0. The van der Waals surface area contributed by atoms with Crippen molar-refractivity contribution in [1.82, 2.24) is 9.88 Å². The molecule has 2 heteroatoms. The van der Waals surface area contributed by atoms with E-state index in [1.54, 1.807) is 0 Å². The van der Waals surface area contributed by atoms with E-state index in [9.17, 15) is 0 Å². The maximum atomic E-state index is 3.56. The zero-order valence-corrected chi connectivity index (χ0v) is 10.3. The fourth-order valence-corrected chi connectivity index (χ4v) is 1.70. The molecule has 0 saturated heterocycles. The van der Waals surface area contributed by atoms with Crippen molar-refractivity contribution < 1.29 is 0 Å². The van der Waals surface area contributed by atoms with Crippen molar-refractivity contribution in [3.8, 4) is 0 Å². The first-order valence-electron chi connectivity index (χ1n) is 6.14. The van der Waals surface area contributed by atoms with E-state index in [2.05, 4.69) is 49.1 Å². The fourth-order valence-electron chi connectivity index (χ4n) is 1.70. The third kappa shape index (κ3) is 4.52. The van der Waals surface area contributed by atoms with Crippen LogP contribution in [-0.2, 0) is 13.1 Å². The van der Waals surface area contributed by atoms with Crippen LogP contribution in [0.2, 0.25) is 0 Å². The summed E-state index contributed by atoms with van der Waals surface area (Å²) in [6.07, 6.45) is 8.26. The quantitative estimate of drug-likeness (QED) is 0.728. The Morgan fingerprint density at radius 3 is 2.80 bits per heavy atom. The largest absolute Gasteiger partial charge is 0.354 e. The molecule has 0 aliphatic rings. The number of hydrogen-bond acceptors (Lipinski definition) is 1. The predicted octanol–water partition coefficient (Wildman–Crippen LogP) is 3.18. The van der Waals surface area contributed by atoms with E-state index in [0.717, 1.165) is 13.1 Å². The first-order chi connectivity index (χ1) is 7.26. The molecule has 1 rings (SSSR count). The Kier molecular flexibility index (Phi) is 5.48. The van der Waals surface area contributed by atoms with Crippen LogP contribution in [0.3, 0.4) is 0 Å². The van der Waals surface area contributed by atoms with Gasteiger partial charge in [-0.2, -0.15) is 0 Å².